The van der Waals surface area contributed by atoms with Crippen molar-refractivity contribution in [2.75, 3.05) is 5.32 Å². The van der Waals surface area contributed by atoms with E-state index >= 15 is 0 Å². The number of anilines is 1. The van der Waals surface area contributed by atoms with Crippen molar-refractivity contribution in [3.8, 4) is 0 Å². The summed E-state index contributed by atoms with van der Waals surface area (Å²) in [5, 5.41) is 2.41. The summed E-state index contributed by atoms with van der Waals surface area (Å²) in [5.41, 5.74) is 0.114. The van der Waals surface area contributed by atoms with Crippen molar-refractivity contribution < 1.29 is 22.8 Å². The van der Waals surface area contributed by atoms with Crippen LogP contribution in [0.4, 0.5) is 18.9 Å². The Morgan fingerprint density at radius 3 is 2.48 bits per heavy atom. The van der Waals surface area contributed by atoms with Gasteiger partial charge in [-0.15, -0.1) is 0 Å². The van der Waals surface area contributed by atoms with E-state index in [4.69, 9.17) is 0 Å². The van der Waals surface area contributed by atoms with Gasteiger partial charge >= 0.3 is 6.18 Å². The molecule has 8 heteroatoms. The number of carbonyl (C=O) groups excluding carboxylic acids is 2. The van der Waals surface area contributed by atoms with Gasteiger partial charge in [0.05, 0.1) is 15.8 Å². The minimum atomic E-state index is -4.44. The van der Waals surface area contributed by atoms with Gasteiger partial charge in [0.15, 0.2) is 5.78 Å². The fourth-order valence-corrected chi connectivity index (χ4v) is 2.70. The molecular formula is C17H15F3N2O2S. The van der Waals surface area contributed by atoms with E-state index in [0.29, 0.717) is 16.3 Å². The monoisotopic (exact) mass is 368 g/mol. The van der Waals surface area contributed by atoms with Crippen LogP contribution in [-0.2, 0) is 11.0 Å². The first-order valence-corrected chi connectivity index (χ1v) is 8.16. The maximum Gasteiger partial charge on any atom is 0.417 e. The molecule has 1 atom stereocenters. The van der Waals surface area contributed by atoms with Gasteiger partial charge in [-0.25, -0.2) is 4.98 Å². The SMILES string of the molecule is CC(=O)c1cccc(NC(=O)C(C)Sc2ccc(C(F)(F)F)cn2)c1. The van der Waals surface area contributed by atoms with Crippen LogP contribution in [0.15, 0.2) is 47.6 Å². The number of amides is 1. The molecule has 1 amide bonds. The van der Waals surface area contributed by atoms with E-state index in [2.05, 4.69) is 10.3 Å². The van der Waals surface area contributed by atoms with Gasteiger partial charge < -0.3 is 5.32 Å². The van der Waals surface area contributed by atoms with E-state index in [1.54, 1.807) is 31.2 Å². The molecule has 0 aliphatic carbocycles. The van der Waals surface area contributed by atoms with Crippen molar-refractivity contribution in [2.45, 2.75) is 30.3 Å². The zero-order valence-corrected chi connectivity index (χ0v) is 14.2. The Morgan fingerprint density at radius 1 is 1.20 bits per heavy atom. The molecule has 1 aromatic carbocycles. The quantitative estimate of drug-likeness (QED) is 0.627. The smallest absolute Gasteiger partial charge is 0.325 e. The van der Waals surface area contributed by atoms with Crippen LogP contribution in [0.3, 0.4) is 0 Å². The minimum absolute atomic E-state index is 0.118. The van der Waals surface area contributed by atoms with Crippen molar-refractivity contribution >= 4 is 29.1 Å². The summed E-state index contributed by atoms with van der Waals surface area (Å²) in [6, 6.07) is 8.67. The zero-order valence-electron chi connectivity index (χ0n) is 13.4. The topological polar surface area (TPSA) is 59.1 Å². The number of nitrogens with one attached hydrogen (secondary N) is 1. The third kappa shape index (κ3) is 5.32. The van der Waals surface area contributed by atoms with Gasteiger partial charge in [0.25, 0.3) is 0 Å². The molecule has 1 unspecified atom stereocenters. The van der Waals surface area contributed by atoms with Gasteiger partial charge in [0.1, 0.15) is 0 Å². The van der Waals surface area contributed by atoms with E-state index < -0.39 is 17.0 Å². The number of rotatable bonds is 5. The number of ketones is 1. The number of nitrogens with zero attached hydrogens (tertiary/aromatic N) is 1. The number of halogens is 3. The second-order valence-electron chi connectivity index (χ2n) is 5.27. The second kappa shape index (κ2) is 7.69. The summed E-state index contributed by atoms with van der Waals surface area (Å²) in [6.45, 7) is 3.05. The maximum atomic E-state index is 12.5. The number of hydrogen-bond acceptors (Lipinski definition) is 4. The predicted octanol–water partition coefficient (Wildman–Crippen LogP) is 4.42. The Labute approximate surface area is 146 Å². The number of thioether (sulfide) groups is 1. The highest BCUT2D eigenvalue weighted by atomic mass is 32.2. The number of aromatic nitrogens is 1. The molecule has 0 fully saturated rings. The van der Waals surface area contributed by atoms with Crippen LogP contribution in [0.25, 0.3) is 0 Å². The molecule has 2 aromatic rings. The van der Waals surface area contributed by atoms with Crippen LogP contribution in [0, 0.1) is 0 Å². The fraction of sp³-hybridized carbons (Fsp3) is 0.235. The standard InChI is InChI=1S/C17H15F3N2O2S/c1-10(23)12-4-3-5-14(8-12)22-16(24)11(2)25-15-7-6-13(9-21-15)17(18,19)20/h3-9,11H,1-2H3,(H,22,24). The third-order valence-corrected chi connectivity index (χ3v) is 4.32. The van der Waals surface area contributed by atoms with Crippen LogP contribution in [-0.4, -0.2) is 21.9 Å². The molecule has 25 heavy (non-hydrogen) atoms. The van der Waals surface area contributed by atoms with Gasteiger partial charge in [0.2, 0.25) is 5.91 Å². The van der Waals surface area contributed by atoms with Gasteiger partial charge in [-0.3, -0.25) is 9.59 Å². The lowest BCUT2D eigenvalue weighted by Gasteiger charge is -2.12. The minimum Gasteiger partial charge on any atom is -0.325 e. The molecular weight excluding hydrogens is 353 g/mol. The average Bonchev–Trinajstić information content (AvgIpc) is 2.54. The Bertz CT molecular complexity index is 776. The van der Waals surface area contributed by atoms with Gasteiger partial charge in [0, 0.05) is 17.4 Å². The number of hydrogen-bond donors (Lipinski definition) is 1. The Hall–Kier alpha value is -2.35. The Kier molecular flexibility index (Phi) is 5.84. The first kappa shape index (κ1) is 19.0. The summed E-state index contributed by atoms with van der Waals surface area (Å²) < 4.78 is 37.5. The highest BCUT2D eigenvalue weighted by molar-refractivity contribution is 8.00. The Morgan fingerprint density at radius 2 is 1.92 bits per heavy atom. The van der Waals surface area contributed by atoms with Crippen LogP contribution in [0.2, 0.25) is 0 Å². The van der Waals surface area contributed by atoms with Crippen molar-refractivity contribution in [1.82, 2.24) is 4.98 Å². The summed E-state index contributed by atoms with van der Waals surface area (Å²) in [4.78, 5) is 27.3. The third-order valence-electron chi connectivity index (χ3n) is 3.27. The van der Waals surface area contributed by atoms with Crippen LogP contribution < -0.4 is 5.32 Å². The van der Waals surface area contributed by atoms with Crippen molar-refractivity contribution in [1.29, 1.82) is 0 Å². The number of Topliss-reactive ketones (excluding diaryl/α,β-unsaturated/α-hetero) is 1. The summed E-state index contributed by atoms with van der Waals surface area (Å²) in [5.74, 6) is -0.458. The number of alkyl halides is 3. The van der Waals surface area contributed by atoms with Crippen molar-refractivity contribution in [3.05, 3.63) is 53.7 Å². The summed E-state index contributed by atoms with van der Waals surface area (Å²) in [7, 11) is 0. The molecule has 0 aliphatic rings. The first-order valence-electron chi connectivity index (χ1n) is 7.28. The van der Waals surface area contributed by atoms with Crippen molar-refractivity contribution in [2.24, 2.45) is 0 Å². The molecule has 0 radical (unpaired) electrons. The molecule has 1 heterocycles. The molecule has 0 saturated heterocycles. The van der Waals surface area contributed by atoms with E-state index in [1.807, 2.05) is 0 Å². The lowest BCUT2D eigenvalue weighted by molar-refractivity contribution is -0.137. The molecule has 0 saturated carbocycles. The van der Waals surface area contributed by atoms with E-state index in [9.17, 15) is 22.8 Å². The zero-order chi connectivity index (χ0) is 18.6. The molecule has 0 spiro atoms. The van der Waals surface area contributed by atoms with Crippen LogP contribution in [0.5, 0.6) is 0 Å². The number of carbonyl (C=O) groups is 2. The summed E-state index contributed by atoms with van der Waals surface area (Å²) in [6.07, 6.45) is -3.70. The normalized spacial score (nSPS) is 12.5. The largest absolute Gasteiger partial charge is 0.417 e. The van der Waals surface area contributed by atoms with Crippen LogP contribution in [0.1, 0.15) is 29.8 Å². The molecule has 0 aliphatic heterocycles. The molecule has 132 valence electrons. The van der Waals surface area contributed by atoms with Gasteiger partial charge in [-0.1, -0.05) is 23.9 Å². The molecule has 1 aromatic heterocycles. The van der Waals surface area contributed by atoms with Gasteiger partial charge in [-0.2, -0.15) is 13.2 Å². The molecule has 4 nitrogen and oxygen atoms in total. The van der Waals surface area contributed by atoms with Crippen LogP contribution >= 0.6 is 11.8 Å². The lowest BCUT2D eigenvalue weighted by Crippen LogP contribution is -2.22. The van der Waals surface area contributed by atoms with E-state index in [-0.39, 0.29) is 11.7 Å². The highest BCUT2D eigenvalue weighted by Crippen LogP contribution is 2.30. The molecule has 2 rings (SSSR count). The first-order chi connectivity index (χ1) is 11.7. The lowest BCUT2D eigenvalue weighted by atomic mass is 10.1. The van der Waals surface area contributed by atoms with E-state index in [1.165, 1.54) is 13.0 Å². The second-order valence-corrected chi connectivity index (χ2v) is 6.63. The van der Waals surface area contributed by atoms with Crippen molar-refractivity contribution in [3.63, 3.8) is 0 Å². The Balaban J connectivity index is 2.00. The maximum absolute atomic E-state index is 12.5. The molecule has 0 bridgehead atoms. The average molecular weight is 368 g/mol. The predicted molar refractivity (Wildman–Crippen MR) is 89.6 cm³/mol. The number of pyridine rings is 1. The van der Waals surface area contributed by atoms with E-state index in [0.717, 1.165) is 24.0 Å². The molecule has 1 N–H and O–H groups in total. The number of benzene rings is 1. The van der Waals surface area contributed by atoms with Gasteiger partial charge in [-0.05, 0) is 38.1 Å². The fourth-order valence-electron chi connectivity index (χ4n) is 1.91. The summed E-state index contributed by atoms with van der Waals surface area (Å²) >= 11 is 1.04. The highest BCUT2D eigenvalue weighted by Gasteiger charge is 2.30.